The lowest BCUT2D eigenvalue weighted by Gasteiger charge is -2.28. The standard InChI is InChI=1S/C30H30N4O5/c31-17-20-6-10-21(11-7-20)28(37)32-24(16-19-8-12-23(35)13-9-19)30(39)33-15-14-25-27(33)26(36)18-34(25)29(38)22-4-2-1-3-5-22/h1-13,24-25,27,35H,14-18,31H2,(H,32,37)/t24-,25?,27-/m0/s1. The van der Waals surface area contributed by atoms with Crippen molar-refractivity contribution >= 4 is 23.5 Å². The second kappa shape index (κ2) is 11.1. The Hall–Kier alpha value is -4.50. The molecule has 0 radical (unpaired) electrons. The van der Waals surface area contributed by atoms with E-state index in [0.717, 1.165) is 11.1 Å². The summed E-state index contributed by atoms with van der Waals surface area (Å²) in [6.45, 7) is 0.583. The number of phenolic OH excluding ortho intramolecular Hbond substituents is 1. The van der Waals surface area contributed by atoms with Gasteiger partial charge in [-0.1, -0.05) is 42.5 Å². The summed E-state index contributed by atoms with van der Waals surface area (Å²) >= 11 is 0. The Morgan fingerprint density at radius 2 is 1.56 bits per heavy atom. The Morgan fingerprint density at radius 1 is 0.897 bits per heavy atom. The van der Waals surface area contributed by atoms with Gasteiger partial charge < -0.3 is 26.0 Å². The Balaban J connectivity index is 1.37. The maximum Gasteiger partial charge on any atom is 0.254 e. The van der Waals surface area contributed by atoms with Crippen molar-refractivity contribution in [2.75, 3.05) is 13.1 Å². The molecule has 200 valence electrons. The number of ketones is 1. The predicted octanol–water partition coefficient (Wildman–Crippen LogP) is 1.89. The number of carbonyl (C=O) groups excluding carboxylic acids is 4. The highest BCUT2D eigenvalue weighted by atomic mass is 16.3. The zero-order valence-corrected chi connectivity index (χ0v) is 21.3. The highest BCUT2D eigenvalue weighted by Gasteiger charge is 2.52. The SMILES string of the molecule is NCc1ccc(C(=O)N[C@@H](Cc2ccc(O)cc2)C(=O)N2CCC3[C@H]2C(=O)CN3C(=O)c2ccccc2)cc1. The van der Waals surface area contributed by atoms with Gasteiger partial charge in [-0.05, 0) is 53.9 Å². The van der Waals surface area contributed by atoms with Gasteiger partial charge in [-0.2, -0.15) is 0 Å². The topological polar surface area (TPSA) is 133 Å². The van der Waals surface area contributed by atoms with E-state index in [2.05, 4.69) is 5.32 Å². The van der Waals surface area contributed by atoms with Gasteiger partial charge in [0.25, 0.3) is 11.8 Å². The molecule has 3 aromatic rings. The molecule has 3 aromatic carbocycles. The first kappa shape index (κ1) is 26.1. The zero-order valence-electron chi connectivity index (χ0n) is 21.3. The molecule has 0 aromatic heterocycles. The molecule has 2 heterocycles. The monoisotopic (exact) mass is 526 g/mol. The van der Waals surface area contributed by atoms with Crippen LogP contribution in [0.5, 0.6) is 5.75 Å². The average Bonchev–Trinajstić information content (AvgIpc) is 3.54. The summed E-state index contributed by atoms with van der Waals surface area (Å²) in [7, 11) is 0. The molecule has 3 amide bonds. The van der Waals surface area contributed by atoms with Crippen LogP contribution in [0.3, 0.4) is 0 Å². The molecule has 0 bridgehead atoms. The second-order valence-corrected chi connectivity index (χ2v) is 9.90. The van der Waals surface area contributed by atoms with Crippen molar-refractivity contribution in [2.45, 2.75) is 37.5 Å². The van der Waals surface area contributed by atoms with Crippen LogP contribution in [0, 0.1) is 0 Å². The van der Waals surface area contributed by atoms with Gasteiger partial charge in [0.05, 0.1) is 12.6 Å². The number of Topliss-reactive ketones (excluding diaryl/α,β-unsaturated/α-hetero) is 1. The van der Waals surface area contributed by atoms with E-state index in [9.17, 15) is 24.3 Å². The van der Waals surface area contributed by atoms with Crippen molar-refractivity contribution in [1.29, 1.82) is 0 Å². The number of nitrogens with one attached hydrogen (secondary N) is 1. The number of rotatable bonds is 7. The number of nitrogens with zero attached hydrogens (tertiary/aromatic N) is 2. The quantitative estimate of drug-likeness (QED) is 0.431. The Kier molecular flexibility index (Phi) is 7.42. The van der Waals surface area contributed by atoms with Gasteiger partial charge in [-0.25, -0.2) is 0 Å². The van der Waals surface area contributed by atoms with Crippen molar-refractivity contribution in [2.24, 2.45) is 5.73 Å². The Bertz CT molecular complexity index is 1370. The Labute approximate surface area is 226 Å². The summed E-state index contributed by atoms with van der Waals surface area (Å²) in [5.74, 6) is -1.15. The first-order chi connectivity index (χ1) is 18.9. The molecule has 9 nitrogen and oxygen atoms in total. The van der Waals surface area contributed by atoms with E-state index in [1.165, 1.54) is 17.0 Å². The number of phenols is 1. The second-order valence-electron chi connectivity index (χ2n) is 9.90. The lowest BCUT2D eigenvalue weighted by molar-refractivity contribution is -0.138. The molecule has 0 spiro atoms. The number of hydrogen-bond donors (Lipinski definition) is 3. The minimum Gasteiger partial charge on any atom is -0.508 e. The summed E-state index contributed by atoms with van der Waals surface area (Å²) in [6.07, 6.45) is 0.640. The van der Waals surface area contributed by atoms with Crippen LogP contribution in [-0.4, -0.2) is 69.6 Å². The zero-order chi connectivity index (χ0) is 27.5. The van der Waals surface area contributed by atoms with E-state index in [-0.39, 0.29) is 36.3 Å². The highest BCUT2D eigenvalue weighted by Crippen LogP contribution is 2.31. The number of benzene rings is 3. The third-order valence-electron chi connectivity index (χ3n) is 7.42. The van der Waals surface area contributed by atoms with Crippen LogP contribution in [0.4, 0.5) is 0 Å². The summed E-state index contributed by atoms with van der Waals surface area (Å²) < 4.78 is 0. The third kappa shape index (κ3) is 5.39. The van der Waals surface area contributed by atoms with Gasteiger partial charge in [0, 0.05) is 30.6 Å². The molecular formula is C30H30N4O5. The smallest absolute Gasteiger partial charge is 0.254 e. The van der Waals surface area contributed by atoms with Gasteiger partial charge in [-0.3, -0.25) is 19.2 Å². The van der Waals surface area contributed by atoms with Crippen LogP contribution in [0.2, 0.25) is 0 Å². The molecular weight excluding hydrogens is 496 g/mol. The molecule has 5 rings (SSSR count). The van der Waals surface area contributed by atoms with E-state index in [0.29, 0.717) is 30.6 Å². The molecule has 39 heavy (non-hydrogen) atoms. The van der Waals surface area contributed by atoms with E-state index in [1.54, 1.807) is 65.6 Å². The number of likely N-dealkylation sites (tertiary alicyclic amines) is 2. The summed E-state index contributed by atoms with van der Waals surface area (Å²) in [5, 5.41) is 12.5. The average molecular weight is 527 g/mol. The third-order valence-corrected chi connectivity index (χ3v) is 7.42. The molecule has 2 aliphatic heterocycles. The summed E-state index contributed by atoms with van der Waals surface area (Å²) in [5.41, 5.74) is 8.14. The maximum atomic E-state index is 13.9. The van der Waals surface area contributed by atoms with Crippen molar-refractivity contribution in [3.05, 3.63) is 101 Å². The van der Waals surface area contributed by atoms with Gasteiger partial charge in [-0.15, -0.1) is 0 Å². The van der Waals surface area contributed by atoms with Gasteiger partial charge in [0.1, 0.15) is 17.8 Å². The fraction of sp³-hybridized carbons (Fsp3) is 0.267. The number of hydrogen-bond acceptors (Lipinski definition) is 6. The Morgan fingerprint density at radius 3 is 2.23 bits per heavy atom. The minimum atomic E-state index is -0.957. The number of aromatic hydroxyl groups is 1. The minimum absolute atomic E-state index is 0.0602. The fourth-order valence-corrected chi connectivity index (χ4v) is 5.39. The van der Waals surface area contributed by atoms with Crippen molar-refractivity contribution < 1.29 is 24.3 Å². The van der Waals surface area contributed by atoms with Crippen molar-refractivity contribution in [3.63, 3.8) is 0 Å². The lowest BCUT2D eigenvalue weighted by Crippen LogP contribution is -2.53. The van der Waals surface area contributed by atoms with Crippen LogP contribution >= 0.6 is 0 Å². The number of fused-ring (bicyclic) bond motifs is 1. The van der Waals surface area contributed by atoms with Gasteiger partial charge in [0.2, 0.25) is 5.91 Å². The fourth-order valence-electron chi connectivity index (χ4n) is 5.39. The largest absolute Gasteiger partial charge is 0.508 e. The summed E-state index contributed by atoms with van der Waals surface area (Å²) in [6, 6.07) is 19.9. The number of nitrogens with two attached hydrogens (primary N) is 1. The van der Waals surface area contributed by atoms with Crippen LogP contribution in [0.1, 0.15) is 38.3 Å². The lowest BCUT2D eigenvalue weighted by atomic mass is 10.0. The number of amides is 3. The van der Waals surface area contributed by atoms with E-state index in [1.807, 2.05) is 6.07 Å². The van der Waals surface area contributed by atoms with Gasteiger partial charge in [0.15, 0.2) is 5.78 Å². The predicted molar refractivity (Wildman–Crippen MR) is 144 cm³/mol. The maximum absolute atomic E-state index is 13.9. The molecule has 2 saturated heterocycles. The van der Waals surface area contributed by atoms with Crippen LogP contribution in [0.25, 0.3) is 0 Å². The van der Waals surface area contributed by atoms with Crippen LogP contribution in [0.15, 0.2) is 78.9 Å². The molecule has 1 unspecified atom stereocenters. The summed E-state index contributed by atoms with van der Waals surface area (Å²) in [4.78, 5) is 56.4. The molecule has 2 fully saturated rings. The molecule has 0 aliphatic carbocycles. The molecule has 9 heteroatoms. The van der Waals surface area contributed by atoms with Gasteiger partial charge >= 0.3 is 0 Å². The molecule has 4 N–H and O–H groups in total. The van der Waals surface area contributed by atoms with Crippen LogP contribution in [-0.2, 0) is 22.6 Å². The first-order valence-electron chi connectivity index (χ1n) is 12.9. The van der Waals surface area contributed by atoms with E-state index in [4.69, 9.17) is 5.73 Å². The number of carbonyl (C=O) groups is 4. The van der Waals surface area contributed by atoms with E-state index < -0.39 is 24.0 Å². The van der Waals surface area contributed by atoms with Crippen LogP contribution < -0.4 is 11.1 Å². The molecule has 0 saturated carbocycles. The first-order valence-corrected chi connectivity index (χ1v) is 12.9. The highest BCUT2D eigenvalue weighted by molar-refractivity contribution is 6.03. The molecule has 2 aliphatic rings. The van der Waals surface area contributed by atoms with Crippen molar-refractivity contribution in [1.82, 2.24) is 15.1 Å². The molecule has 3 atom stereocenters. The van der Waals surface area contributed by atoms with E-state index >= 15 is 0 Å². The van der Waals surface area contributed by atoms with Crippen molar-refractivity contribution in [3.8, 4) is 5.75 Å². The normalized spacial score (nSPS) is 19.1.